The van der Waals surface area contributed by atoms with Gasteiger partial charge in [0, 0.05) is 30.0 Å². The molecule has 35 heavy (non-hydrogen) atoms. The SMILES string of the molecule is N#Cc1cc(-c2ncnc(Nc3ccc(N4CCOCC4)cc3)n2)ccc1OC(=O)C1CCCN1. The molecule has 5 rings (SSSR count). The van der Waals surface area contributed by atoms with Crippen molar-refractivity contribution in [2.24, 2.45) is 0 Å². The predicted octanol–water partition coefficient (Wildman–Crippen LogP) is 2.65. The third kappa shape index (κ3) is 5.37. The van der Waals surface area contributed by atoms with Gasteiger partial charge in [0.15, 0.2) is 5.82 Å². The summed E-state index contributed by atoms with van der Waals surface area (Å²) in [6.45, 7) is 4.02. The molecule has 0 radical (unpaired) electrons. The summed E-state index contributed by atoms with van der Waals surface area (Å²) >= 11 is 0. The molecule has 2 aliphatic heterocycles. The van der Waals surface area contributed by atoms with Crippen LogP contribution in [0.5, 0.6) is 5.75 Å². The van der Waals surface area contributed by atoms with E-state index in [1.54, 1.807) is 18.2 Å². The van der Waals surface area contributed by atoms with Gasteiger partial charge in [-0.05, 0) is 61.9 Å². The van der Waals surface area contributed by atoms with Gasteiger partial charge in [0.1, 0.15) is 24.2 Å². The molecule has 1 aromatic heterocycles. The number of nitrogens with zero attached hydrogens (tertiary/aromatic N) is 5. The Labute approximate surface area is 202 Å². The monoisotopic (exact) mass is 471 g/mol. The lowest BCUT2D eigenvalue weighted by molar-refractivity contribution is -0.136. The lowest BCUT2D eigenvalue weighted by Crippen LogP contribution is -2.36. The summed E-state index contributed by atoms with van der Waals surface area (Å²) < 4.78 is 10.9. The van der Waals surface area contributed by atoms with Gasteiger partial charge < -0.3 is 25.0 Å². The quantitative estimate of drug-likeness (QED) is 0.409. The van der Waals surface area contributed by atoms with Gasteiger partial charge in [-0.15, -0.1) is 0 Å². The van der Waals surface area contributed by atoms with Crippen LogP contribution in [0.3, 0.4) is 0 Å². The fraction of sp³-hybridized carbons (Fsp3) is 0.320. The first-order chi connectivity index (χ1) is 17.2. The first-order valence-electron chi connectivity index (χ1n) is 11.6. The van der Waals surface area contributed by atoms with Crippen molar-refractivity contribution in [1.29, 1.82) is 5.26 Å². The van der Waals surface area contributed by atoms with Crippen LogP contribution in [-0.2, 0) is 9.53 Å². The van der Waals surface area contributed by atoms with Crippen LogP contribution < -0.4 is 20.3 Å². The molecule has 0 aliphatic carbocycles. The molecular weight excluding hydrogens is 446 g/mol. The van der Waals surface area contributed by atoms with E-state index in [-0.39, 0.29) is 23.3 Å². The van der Waals surface area contributed by atoms with Crippen LogP contribution in [0.4, 0.5) is 17.3 Å². The second kappa shape index (κ2) is 10.5. The number of ether oxygens (including phenoxy) is 2. The van der Waals surface area contributed by atoms with Crippen LogP contribution in [0.25, 0.3) is 11.4 Å². The zero-order chi connectivity index (χ0) is 24.0. The van der Waals surface area contributed by atoms with E-state index in [4.69, 9.17) is 9.47 Å². The number of carbonyl (C=O) groups excluding carboxylic acids is 1. The van der Waals surface area contributed by atoms with Crippen molar-refractivity contribution in [3.63, 3.8) is 0 Å². The van der Waals surface area contributed by atoms with Crippen LogP contribution in [0.1, 0.15) is 18.4 Å². The Kier molecular flexibility index (Phi) is 6.79. The van der Waals surface area contributed by atoms with Gasteiger partial charge in [0.25, 0.3) is 0 Å². The molecule has 1 atom stereocenters. The molecule has 0 saturated carbocycles. The normalized spacial score (nSPS) is 17.6. The Balaban J connectivity index is 1.29. The van der Waals surface area contributed by atoms with E-state index in [0.717, 1.165) is 57.1 Å². The first-order valence-corrected chi connectivity index (χ1v) is 11.6. The first kappa shape index (κ1) is 22.7. The van der Waals surface area contributed by atoms with Crippen molar-refractivity contribution in [3.8, 4) is 23.2 Å². The number of hydrogen-bond donors (Lipinski definition) is 2. The number of nitriles is 1. The molecule has 178 valence electrons. The Bertz CT molecular complexity index is 1230. The number of esters is 1. The number of morpholine rings is 1. The zero-order valence-electron chi connectivity index (χ0n) is 19.1. The van der Waals surface area contributed by atoms with E-state index in [1.165, 1.54) is 6.33 Å². The molecule has 0 spiro atoms. The Morgan fingerprint density at radius 3 is 2.74 bits per heavy atom. The third-order valence-electron chi connectivity index (χ3n) is 5.99. The molecule has 3 aromatic rings. The van der Waals surface area contributed by atoms with Gasteiger partial charge in [-0.3, -0.25) is 0 Å². The topological polar surface area (TPSA) is 125 Å². The predicted molar refractivity (Wildman–Crippen MR) is 129 cm³/mol. The largest absolute Gasteiger partial charge is 0.424 e. The van der Waals surface area contributed by atoms with Crippen molar-refractivity contribution in [1.82, 2.24) is 20.3 Å². The molecule has 2 saturated heterocycles. The highest BCUT2D eigenvalue weighted by atomic mass is 16.5. The van der Waals surface area contributed by atoms with Gasteiger partial charge in [-0.25, -0.2) is 14.8 Å². The number of aromatic nitrogens is 3. The minimum atomic E-state index is -0.377. The molecule has 2 N–H and O–H groups in total. The van der Waals surface area contributed by atoms with E-state index in [2.05, 4.69) is 48.7 Å². The fourth-order valence-corrected chi connectivity index (χ4v) is 4.11. The summed E-state index contributed by atoms with van der Waals surface area (Å²) in [4.78, 5) is 27.6. The maximum absolute atomic E-state index is 12.3. The van der Waals surface area contributed by atoms with Crippen molar-refractivity contribution in [2.45, 2.75) is 18.9 Å². The molecule has 10 nitrogen and oxygen atoms in total. The second-order valence-electron chi connectivity index (χ2n) is 8.30. The number of anilines is 3. The molecule has 2 fully saturated rings. The number of benzene rings is 2. The van der Waals surface area contributed by atoms with Crippen molar-refractivity contribution < 1.29 is 14.3 Å². The van der Waals surface area contributed by atoms with Gasteiger partial charge in [-0.2, -0.15) is 10.2 Å². The summed E-state index contributed by atoms with van der Waals surface area (Å²) in [6, 6.07) is 14.8. The number of carbonyl (C=O) groups is 1. The van der Waals surface area contributed by atoms with Gasteiger partial charge in [-0.1, -0.05) is 0 Å². The Morgan fingerprint density at radius 2 is 2.00 bits per heavy atom. The van der Waals surface area contributed by atoms with Crippen LogP contribution >= 0.6 is 0 Å². The summed E-state index contributed by atoms with van der Waals surface area (Å²) in [5.74, 6) is 0.635. The zero-order valence-corrected chi connectivity index (χ0v) is 19.1. The molecule has 0 bridgehead atoms. The van der Waals surface area contributed by atoms with Crippen LogP contribution in [0.15, 0.2) is 48.8 Å². The van der Waals surface area contributed by atoms with Crippen LogP contribution in [0, 0.1) is 11.3 Å². The van der Waals surface area contributed by atoms with Crippen molar-refractivity contribution in [3.05, 3.63) is 54.4 Å². The number of nitrogens with one attached hydrogen (secondary N) is 2. The van der Waals surface area contributed by atoms with E-state index in [9.17, 15) is 10.1 Å². The van der Waals surface area contributed by atoms with E-state index < -0.39 is 0 Å². The number of hydrogen-bond acceptors (Lipinski definition) is 10. The summed E-state index contributed by atoms with van der Waals surface area (Å²) in [7, 11) is 0. The minimum Gasteiger partial charge on any atom is -0.424 e. The summed E-state index contributed by atoms with van der Waals surface area (Å²) in [5.41, 5.74) is 2.85. The van der Waals surface area contributed by atoms with Crippen molar-refractivity contribution in [2.75, 3.05) is 43.1 Å². The molecule has 10 heteroatoms. The summed E-state index contributed by atoms with van der Waals surface area (Å²) in [5, 5.41) is 15.9. The molecule has 2 aliphatic rings. The highest BCUT2D eigenvalue weighted by Crippen LogP contribution is 2.26. The van der Waals surface area contributed by atoms with Crippen molar-refractivity contribution >= 4 is 23.3 Å². The molecule has 1 unspecified atom stereocenters. The summed E-state index contributed by atoms with van der Waals surface area (Å²) in [6.07, 6.45) is 3.07. The van der Waals surface area contributed by atoms with E-state index in [0.29, 0.717) is 17.3 Å². The standard InChI is InChI=1S/C25H25N7O3/c26-15-18-14-17(3-8-22(18)35-24(33)21-2-1-9-27-21)23-28-16-29-25(31-23)30-19-4-6-20(7-5-19)32-10-12-34-13-11-32/h3-8,14,16,21,27H,1-2,9-13H2,(H,28,29,30,31). The van der Waals surface area contributed by atoms with E-state index in [1.807, 2.05) is 12.1 Å². The molecule has 2 aromatic carbocycles. The highest BCUT2D eigenvalue weighted by molar-refractivity contribution is 5.79. The van der Waals surface area contributed by atoms with Crippen LogP contribution in [-0.4, -0.2) is 59.8 Å². The maximum Gasteiger partial charge on any atom is 0.328 e. The van der Waals surface area contributed by atoms with Crippen LogP contribution in [0.2, 0.25) is 0 Å². The average molecular weight is 472 g/mol. The molecule has 3 heterocycles. The Morgan fingerprint density at radius 1 is 1.17 bits per heavy atom. The Hall–Kier alpha value is -4.07. The lowest BCUT2D eigenvalue weighted by Gasteiger charge is -2.28. The maximum atomic E-state index is 12.3. The molecular formula is C25H25N7O3. The van der Waals surface area contributed by atoms with Gasteiger partial charge in [0.2, 0.25) is 5.95 Å². The third-order valence-corrected chi connectivity index (χ3v) is 5.99. The second-order valence-corrected chi connectivity index (χ2v) is 8.30. The fourth-order valence-electron chi connectivity index (χ4n) is 4.11. The number of rotatable bonds is 6. The highest BCUT2D eigenvalue weighted by Gasteiger charge is 2.25. The van der Waals surface area contributed by atoms with Gasteiger partial charge >= 0.3 is 5.97 Å². The smallest absolute Gasteiger partial charge is 0.328 e. The average Bonchev–Trinajstić information content (AvgIpc) is 3.45. The minimum absolute atomic E-state index is 0.225. The van der Waals surface area contributed by atoms with E-state index >= 15 is 0 Å². The molecule has 0 amide bonds. The lowest BCUT2D eigenvalue weighted by atomic mass is 10.1. The van der Waals surface area contributed by atoms with Gasteiger partial charge in [0.05, 0.1) is 18.8 Å².